The number of carbonyl (C=O) groups is 2. The zero-order valence-corrected chi connectivity index (χ0v) is 13.4. The molecule has 122 valence electrons. The second kappa shape index (κ2) is 7.79. The number of anilines is 1. The molecule has 6 nitrogen and oxygen atoms in total. The predicted octanol–water partition coefficient (Wildman–Crippen LogP) is 2.32. The quantitative estimate of drug-likeness (QED) is 0.883. The number of hydrogen-bond donors (Lipinski definition) is 2. The topological polar surface area (TPSA) is 91.2 Å². The first-order valence-electron chi connectivity index (χ1n) is 7.33. The molecular weight excluding hydrogens is 306 g/mol. The summed E-state index contributed by atoms with van der Waals surface area (Å²) in [6, 6.07) is 15.1. The summed E-state index contributed by atoms with van der Waals surface area (Å²) < 4.78 is 5.54. The molecular formula is C18H17N3O3. The summed E-state index contributed by atoms with van der Waals surface area (Å²) in [6.45, 7) is 1.63. The van der Waals surface area contributed by atoms with E-state index in [1.807, 2.05) is 6.07 Å². The van der Waals surface area contributed by atoms with E-state index in [1.165, 1.54) is 0 Å². The molecule has 2 N–H and O–H groups in total. The molecule has 0 aliphatic rings. The molecule has 1 atom stereocenters. The van der Waals surface area contributed by atoms with Crippen molar-refractivity contribution in [2.75, 3.05) is 12.4 Å². The first-order chi connectivity index (χ1) is 11.5. The molecule has 2 rings (SSSR count). The van der Waals surface area contributed by atoms with Crippen LogP contribution in [0.4, 0.5) is 5.69 Å². The van der Waals surface area contributed by atoms with Crippen LogP contribution >= 0.6 is 0 Å². The molecule has 0 aliphatic heterocycles. The predicted molar refractivity (Wildman–Crippen MR) is 89.7 cm³/mol. The van der Waals surface area contributed by atoms with Crippen molar-refractivity contribution >= 4 is 17.5 Å². The zero-order valence-electron chi connectivity index (χ0n) is 13.4. The van der Waals surface area contributed by atoms with Gasteiger partial charge in [0.1, 0.15) is 5.75 Å². The third kappa shape index (κ3) is 4.34. The number of rotatable bonds is 5. The Kier molecular flexibility index (Phi) is 5.53. The summed E-state index contributed by atoms with van der Waals surface area (Å²) >= 11 is 0. The molecule has 2 aromatic rings. The zero-order chi connectivity index (χ0) is 17.5. The van der Waals surface area contributed by atoms with Crippen LogP contribution in [0, 0.1) is 11.3 Å². The second-order valence-corrected chi connectivity index (χ2v) is 5.04. The SMILES string of the molecule is CNC(=O)c1ccc(NC(=O)C(C)Oc2ccc(C#N)cc2)cc1. The van der Waals surface area contributed by atoms with Crippen LogP contribution in [-0.2, 0) is 4.79 Å². The Morgan fingerprint density at radius 3 is 2.25 bits per heavy atom. The van der Waals surface area contributed by atoms with Crippen molar-refractivity contribution in [1.29, 1.82) is 5.26 Å². The lowest BCUT2D eigenvalue weighted by Crippen LogP contribution is -2.30. The number of carbonyl (C=O) groups excluding carboxylic acids is 2. The van der Waals surface area contributed by atoms with Gasteiger partial charge in [-0.25, -0.2) is 0 Å². The molecule has 6 heteroatoms. The molecule has 0 aliphatic carbocycles. The molecule has 24 heavy (non-hydrogen) atoms. The van der Waals surface area contributed by atoms with E-state index in [4.69, 9.17) is 10.00 Å². The van der Waals surface area contributed by atoms with Gasteiger partial charge in [0.25, 0.3) is 11.8 Å². The van der Waals surface area contributed by atoms with Gasteiger partial charge in [0.05, 0.1) is 11.6 Å². The largest absolute Gasteiger partial charge is 0.481 e. The molecule has 0 radical (unpaired) electrons. The lowest BCUT2D eigenvalue weighted by Gasteiger charge is -2.15. The smallest absolute Gasteiger partial charge is 0.265 e. The summed E-state index contributed by atoms with van der Waals surface area (Å²) in [6.07, 6.45) is -0.712. The second-order valence-electron chi connectivity index (χ2n) is 5.04. The number of nitriles is 1. The number of ether oxygens (including phenoxy) is 1. The number of hydrogen-bond acceptors (Lipinski definition) is 4. The number of nitrogens with one attached hydrogen (secondary N) is 2. The first-order valence-corrected chi connectivity index (χ1v) is 7.33. The highest BCUT2D eigenvalue weighted by Crippen LogP contribution is 2.15. The van der Waals surface area contributed by atoms with Gasteiger partial charge in [0, 0.05) is 18.3 Å². The lowest BCUT2D eigenvalue weighted by molar-refractivity contribution is -0.122. The highest BCUT2D eigenvalue weighted by atomic mass is 16.5. The summed E-state index contributed by atoms with van der Waals surface area (Å²) in [5.41, 5.74) is 1.61. The summed E-state index contributed by atoms with van der Waals surface area (Å²) in [7, 11) is 1.56. The van der Waals surface area contributed by atoms with Crippen LogP contribution in [0.1, 0.15) is 22.8 Å². The highest BCUT2D eigenvalue weighted by molar-refractivity contribution is 5.96. The van der Waals surface area contributed by atoms with E-state index < -0.39 is 6.10 Å². The average Bonchev–Trinajstić information content (AvgIpc) is 2.62. The number of nitrogens with zero attached hydrogens (tertiary/aromatic N) is 1. The van der Waals surface area contributed by atoms with E-state index in [1.54, 1.807) is 62.5 Å². The Labute approximate surface area is 140 Å². The van der Waals surface area contributed by atoms with E-state index >= 15 is 0 Å². The van der Waals surface area contributed by atoms with Gasteiger partial charge in [0.2, 0.25) is 0 Å². The van der Waals surface area contributed by atoms with Gasteiger partial charge in [0.15, 0.2) is 6.10 Å². The van der Waals surface area contributed by atoms with Crippen LogP contribution in [0.25, 0.3) is 0 Å². The Bertz CT molecular complexity index is 762. The monoisotopic (exact) mass is 323 g/mol. The molecule has 2 amide bonds. The Balaban J connectivity index is 1.95. The minimum Gasteiger partial charge on any atom is -0.481 e. The fourth-order valence-electron chi connectivity index (χ4n) is 1.96. The molecule has 0 saturated heterocycles. The maximum Gasteiger partial charge on any atom is 0.265 e. The fraction of sp³-hybridized carbons (Fsp3) is 0.167. The van der Waals surface area contributed by atoms with Crippen molar-refractivity contribution in [1.82, 2.24) is 5.32 Å². The highest BCUT2D eigenvalue weighted by Gasteiger charge is 2.15. The van der Waals surface area contributed by atoms with E-state index in [0.29, 0.717) is 22.6 Å². The van der Waals surface area contributed by atoms with Crippen LogP contribution in [-0.4, -0.2) is 25.0 Å². The van der Waals surface area contributed by atoms with Crippen molar-refractivity contribution in [3.63, 3.8) is 0 Å². The molecule has 0 bridgehead atoms. The number of benzene rings is 2. The third-order valence-corrected chi connectivity index (χ3v) is 3.31. The Morgan fingerprint density at radius 2 is 1.71 bits per heavy atom. The summed E-state index contributed by atoms with van der Waals surface area (Å²) in [5, 5.41) is 14.0. The van der Waals surface area contributed by atoms with Crippen molar-refractivity contribution in [3.05, 3.63) is 59.7 Å². The molecule has 0 heterocycles. The minimum atomic E-state index is -0.712. The minimum absolute atomic E-state index is 0.189. The molecule has 0 aromatic heterocycles. The van der Waals surface area contributed by atoms with E-state index in [2.05, 4.69) is 10.6 Å². The maximum atomic E-state index is 12.1. The van der Waals surface area contributed by atoms with Crippen molar-refractivity contribution in [2.45, 2.75) is 13.0 Å². The van der Waals surface area contributed by atoms with Gasteiger partial charge in [-0.15, -0.1) is 0 Å². The van der Waals surface area contributed by atoms with Gasteiger partial charge in [-0.3, -0.25) is 9.59 Å². The normalized spacial score (nSPS) is 11.0. The van der Waals surface area contributed by atoms with Gasteiger partial charge in [-0.2, -0.15) is 5.26 Å². The van der Waals surface area contributed by atoms with Crippen LogP contribution in [0.15, 0.2) is 48.5 Å². The van der Waals surface area contributed by atoms with E-state index in [9.17, 15) is 9.59 Å². The average molecular weight is 323 g/mol. The van der Waals surface area contributed by atoms with Gasteiger partial charge in [-0.05, 0) is 55.5 Å². The molecule has 2 aromatic carbocycles. The van der Waals surface area contributed by atoms with Crippen molar-refractivity contribution < 1.29 is 14.3 Å². The molecule has 0 saturated carbocycles. The number of amides is 2. The standard InChI is InChI=1S/C18H17N3O3/c1-12(24-16-9-3-13(11-19)4-10-16)17(22)21-15-7-5-14(6-8-15)18(23)20-2/h3-10,12H,1-2H3,(H,20,23)(H,21,22). The fourth-order valence-corrected chi connectivity index (χ4v) is 1.96. The summed E-state index contributed by atoms with van der Waals surface area (Å²) in [4.78, 5) is 23.6. The van der Waals surface area contributed by atoms with Gasteiger partial charge in [-0.1, -0.05) is 0 Å². The van der Waals surface area contributed by atoms with Crippen LogP contribution in [0.5, 0.6) is 5.75 Å². The van der Waals surface area contributed by atoms with Crippen molar-refractivity contribution in [3.8, 4) is 11.8 Å². The van der Waals surface area contributed by atoms with E-state index in [-0.39, 0.29) is 11.8 Å². The molecule has 0 fully saturated rings. The van der Waals surface area contributed by atoms with Crippen LogP contribution < -0.4 is 15.4 Å². The first kappa shape index (κ1) is 17.0. The summed E-state index contributed by atoms with van der Waals surface area (Å²) in [5.74, 6) is 0.00376. The maximum absolute atomic E-state index is 12.1. The Hall–Kier alpha value is -3.33. The van der Waals surface area contributed by atoms with Crippen LogP contribution in [0.3, 0.4) is 0 Å². The molecule has 1 unspecified atom stereocenters. The van der Waals surface area contributed by atoms with Gasteiger partial charge < -0.3 is 15.4 Å². The van der Waals surface area contributed by atoms with Gasteiger partial charge >= 0.3 is 0 Å². The third-order valence-electron chi connectivity index (χ3n) is 3.31. The van der Waals surface area contributed by atoms with Crippen LogP contribution in [0.2, 0.25) is 0 Å². The molecule has 0 spiro atoms. The lowest BCUT2D eigenvalue weighted by atomic mass is 10.2. The Morgan fingerprint density at radius 1 is 1.08 bits per heavy atom. The van der Waals surface area contributed by atoms with Crippen molar-refractivity contribution in [2.24, 2.45) is 0 Å². The van der Waals surface area contributed by atoms with E-state index in [0.717, 1.165) is 0 Å².